The first-order valence-electron chi connectivity index (χ1n) is 9.25. The van der Waals surface area contributed by atoms with Gasteiger partial charge in [-0.3, -0.25) is 4.79 Å². The van der Waals surface area contributed by atoms with Crippen molar-refractivity contribution >= 4 is 39.3 Å². The number of aromatic nitrogens is 5. The normalized spacial score (nSPS) is 16.6. The minimum atomic E-state index is -0.444. The van der Waals surface area contributed by atoms with Gasteiger partial charge in [-0.15, -0.1) is 21.5 Å². The van der Waals surface area contributed by atoms with Crippen molar-refractivity contribution in [3.8, 4) is 0 Å². The van der Waals surface area contributed by atoms with Crippen LogP contribution in [0.3, 0.4) is 0 Å². The SMILES string of the molecule is COC(=O)c1sc2nc(CSc3nnc(C4CC4)n3C3CC3)[nH]c(=O)c2c1C. The van der Waals surface area contributed by atoms with Gasteiger partial charge in [0.25, 0.3) is 5.56 Å². The Labute approximate surface area is 168 Å². The number of carbonyl (C=O) groups is 1. The maximum absolute atomic E-state index is 12.6. The van der Waals surface area contributed by atoms with Gasteiger partial charge in [-0.05, 0) is 38.2 Å². The summed E-state index contributed by atoms with van der Waals surface area (Å²) < 4.78 is 7.08. The molecule has 28 heavy (non-hydrogen) atoms. The fourth-order valence-corrected chi connectivity index (χ4v) is 5.36. The van der Waals surface area contributed by atoms with Crippen molar-refractivity contribution < 1.29 is 9.53 Å². The average molecular weight is 418 g/mol. The van der Waals surface area contributed by atoms with Crippen LogP contribution in [0.5, 0.6) is 0 Å². The van der Waals surface area contributed by atoms with Crippen LogP contribution in [0.2, 0.25) is 0 Å². The van der Waals surface area contributed by atoms with Crippen LogP contribution >= 0.6 is 23.1 Å². The first-order chi connectivity index (χ1) is 13.6. The molecule has 0 amide bonds. The quantitative estimate of drug-likeness (QED) is 0.485. The molecule has 0 aromatic carbocycles. The van der Waals surface area contributed by atoms with E-state index in [1.165, 1.54) is 44.1 Å². The lowest BCUT2D eigenvalue weighted by Crippen LogP contribution is -2.11. The molecule has 1 N–H and O–H groups in total. The van der Waals surface area contributed by atoms with Crippen molar-refractivity contribution in [3.05, 3.63) is 32.4 Å². The van der Waals surface area contributed by atoms with Gasteiger partial charge in [-0.25, -0.2) is 9.78 Å². The number of hydrogen-bond acceptors (Lipinski definition) is 8. The number of rotatable bonds is 6. The summed E-state index contributed by atoms with van der Waals surface area (Å²) in [6, 6.07) is 0.519. The number of esters is 1. The van der Waals surface area contributed by atoms with E-state index in [2.05, 4.69) is 24.7 Å². The number of carbonyl (C=O) groups excluding carboxylic acids is 1. The van der Waals surface area contributed by atoms with E-state index in [1.807, 2.05) is 0 Å². The maximum Gasteiger partial charge on any atom is 0.348 e. The average Bonchev–Trinajstić information content (AvgIpc) is 3.61. The topological polar surface area (TPSA) is 103 Å². The number of nitrogens with zero attached hydrogens (tertiary/aromatic N) is 4. The lowest BCUT2D eigenvalue weighted by molar-refractivity contribution is 0.0605. The Hall–Kier alpha value is -2.20. The van der Waals surface area contributed by atoms with Crippen LogP contribution < -0.4 is 5.56 Å². The second-order valence-corrected chi connectivity index (χ2v) is 9.19. The van der Waals surface area contributed by atoms with Crippen LogP contribution in [0.25, 0.3) is 10.2 Å². The molecule has 8 nitrogen and oxygen atoms in total. The van der Waals surface area contributed by atoms with Crippen molar-refractivity contribution in [2.45, 2.75) is 55.5 Å². The maximum atomic E-state index is 12.6. The van der Waals surface area contributed by atoms with Crippen LogP contribution in [0.15, 0.2) is 9.95 Å². The number of methoxy groups -OCH3 is 1. The van der Waals surface area contributed by atoms with E-state index in [1.54, 1.807) is 18.7 Å². The number of aromatic amines is 1. The summed E-state index contributed by atoms with van der Waals surface area (Å²) in [5.41, 5.74) is 0.384. The molecule has 2 aliphatic carbocycles. The second kappa shape index (κ2) is 6.70. The molecule has 3 aromatic rings. The molecule has 0 bridgehead atoms. The Morgan fingerprint density at radius 1 is 1.32 bits per heavy atom. The predicted octanol–water partition coefficient (Wildman–Crippen LogP) is 3.18. The fourth-order valence-electron chi connectivity index (χ4n) is 3.36. The number of aryl methyl sites for hydroxylation is 1. The molecule has 146 valence electrons. The molecule has 0 unspecified atom stereocenters. The summed E-state index contributed by atoms with van der Waals surface area (Å²) in [5.74, 6) is 2.28. The zero-order chi connectivity index (χ0) is 19.4. The summed E-state index contributed by atoms with van der Waals surface area (Å²) in [4.78, 5) is 32.9. The van der Waals surface area contributed by atoms with E-state index >= 15 is 0 Å². The first kappa shape index (κ1) is 17.9. The molecule has 0 aliphatic heterocycles. The lowest BCUT2D eigenvalue weighted by Gasteiger charge is -2.07. The van der Waals surface area contributed by atoms with Gasteiger partial charge < -0.3 is 14.3 Å². The van der Waals surface area contributed by atoms with Gasteiger partial charge >= 0.3 is 5.97 Å². The molecule has 3 heterocycles. The molecule has 2 saturated carbocycles. The highest BCUT2D eigenvalue weighted by molar-refractivity contribution is 7.98. The van der Waals surface area contributed by atoms with Crippen LogP contribution in [0, 0.1) is 6.92 Å². The Bertz CT molecular complexity index is 1140. The van der Waals surface area contributed by atoms with Crippen LogP contribution in [0.1, 0.15) is 64.5 Å². The van der Waals surface area contributed by atoms with E-state index in [9.17, 15) is 9.59 Å². The van der Waals surface area contributed by atoms with E-state index in [0.717, 1.165) is 11.0 Å². The molecule has 0 radical (unpaired) electrons. The van der Waals surface area contributed by atoms with E-state index in [0.29, 0.717) is 44.2 Å². The number of thioether (sulfide) groups is 1. The van der Waals surface area contributed by atoms with Crippen molar-refractivity contribution in [3.63, 3.8) is 0 Å². The van der Waals surface area contributed by atoms with Crippen molar-refractivity contribution in [1.82, 2.24) is 24.7 Å². The van der Waals surface area contributed by atoms with Crippen molar-refractivity contribution in [2.24, 2.45) is 0 Å². The zero-order valence-electron chi connectivity index (χ0n) is 15.5. The number of hydrogen-bond donors (Lipinski definition) is 1. The monoisotopic (exact) mass is 417 g/mol. The Kier molecular flexibility index (Phi) is 4.27. The summed E-state index contributed by atoms with van der Waals surface area (Å²) >= 11 is 2.74. The number of H-pyrrole nitrogens is 1. The summed E-state index contributed by atoms with van der Waals surface area (Å²) in [6.45, 7) is 1.74. The van der Waals surface area contributed by atoms with Crippen molar-refractivity contribution in [2.75, 3.05) is 7.11 Å². The highest BCUT2D eigenvalue weighted by atomic mass is 32.2. The van der Waals surface area contributed by atoms with Gasteiger partial charge in [0.2, 0.25) is 0 Å². The second-order valence-electron chi connectivity index (χ2n) is 7.25. The van der Waals surface area contributed by atoms with Crippen LogP contribution in [-0.2, 0) is 10.5 Å². The Morgan fingerprint density at radius 3 is 2.79 bits per heavy atom. The summed E-state index contributed by atoms with van der Waals surface area (Å²) in [6.07, 6.45) is 4.75. The third kappa shape index (κ3) is 3.04. The third-order valence-electron chi connectivity index (χ3n) is 5.10. The standard InChI is InChI=1S/C18H19N5O3S2/c1-8-12-15(24)19-11(20-16(12)28-13(8)17(25)26-2)7-27-18-22-21-14(9-3-4-9)23(18)10-5-6-10/h9-10H,3-7H2,1-2H3,(H,19,20,24). The van der Waals surface area contributed by atoms with E-state index in [-0.39, 0.29) is 5.56 Å². The van der Waals surface area contributed by atoms with Gasteiger partial charge in [0, 0.05) is 12.0 Å². The van der Waals surface area contributed by atoms with Crippen molar-refractivity contribution in [1.29, 1.82) is 0 Å². The molecule has 0 saturated heterocycles. The van der Waals surface area contributed by atoms with Crippen LogP contribution in [-0.4, -0.2) is 37.8 Å². The number of ether oxygens (including phenoxy) is 1. The van der Waals surface area contributed by atoms with Gasteiger partial charge in [-0.2, -0.15) is 0 Å². The largest absolute Gasteiger partial charge is 0.465 e. The number of thiophene rings is 1. The Balaban J connectivity index is 1.43. The number of nitrogens with one attached hydrogen (secondary N) is 1. The minimum Gasteiger partial charge on any atom is -0.465 e. The Morgan fingerprint density at radius 2 is 2.11 bits per heavy atom. The first-order valence-corrected chi connectivity index (χ1v) is 11.0. The zero-order valence-corrected chi connectivity index (χ0v) is 17.2. The highest BCUT2D eigenvalue weighted by Gasteiger charge is 2.36. The smallest absolute Gasteiger partial charge is 0.348 e. The fraction of sp³-hybridized carbons (Fsp3) is 0.500. The minimum absolute atomic E-state index is 0.230. The molecule has 5 rings (SSSR count). The number of fused-ring (bicyclic) bond motifs is 1. The molecular weight excluding hydrogens is 398 g/mol. The summed E-state index contributed by atoms with van der Waals surface area (Å²) in [5, 5.41) is 10.2. The molecule has 2 fully saturated rings. The molecule has 10 heteroatoms. The molecule has 0 spiro atoms. The molecule has 0 atom stereocenters. The van der Waals surface area contributed by atoms with Gasteiger partial charge in [0.1, 0.15) is 21.4 Å². The van der Waals surface area contributed by atoms with E-state index < -0.39 is 5.97 Å². The van der Waals surface area contributed by atoms with Gasteiger partial charge in [-0.1, -0.05) is 11.8 Å². The van der Waals surface area contributed by atoms with E-state index in [4.69, 9.17) is 4.74 Å². The molecular formula is C18H19N5O3S2. The molecule has 2 aliphatic rings. The third-order valence-corrected chi connectivity index (χ3v) is 7.22. The van der Waals surface area contributed by atoms with Gasteiger partial charge in [0.05, 0.1) is 18.2 Å². The predicted molar refractivity (Wildman–Crippen MR) is 106 cm³/mol. The van der Waals surface area contributed by atoms with Gasteiger partial charge in [0.15, 0.2) is 5.16 Å². The molecule has 3 aromatic heterocycles. The highest BCUT2D eigenvalue weighted by Crippen LogP contribution is 2.46. The summed E-state index contributed by atoms with van der Waals surface area (Å²) in [7, 11) is 1.33. The van der Waals surface area contributed by atoms with Crippen LogP contribution in [0.4, 0.5) is 0 Å². The lowest BCUT2D eigenvalue weighted by atomic mass is 10.2.